The van der Waals surface area contributed by atoms with Crippen molar-refractivity contribution in [2.75, 3.05) is 19.8 Å². The molecule has 4 heteroatoms. The molecule has 3 aliphatic rings. The third kappa shape index (κ3) is 4.01. The van der Waals surface area contributed by atoms with Crippen LogP contribution in [-0.2, 0) is 14.9 Å². The van der Waals surface area contributed by atoms with Gasteiger partial charge in [0.05, 0.1) is 31.2 Å². The van der Waals surface area contributed by atoms with Crippen molar-refractivity contribution in [2.45, 2.75) is 36.9 Å². The predicted octanol–water partition coefficient (Wildman–Crippen LogP) is 6.61. The van der Waals surface area contributed by atoms with Crippen LogP contribution in [0.4, 0.5) is 5.69 Å². The highest BCUT2D eigenvalue weighted by atomic mass is 16.7. The van der Waals surface area contributed by atoms with Gasteiger partial charge in [-0.1, -0.05) is 72.8 Å². The molecule has 0 amide bonds. The summed E-state index contributed by atoms with van der Waals surface area (Å²) in [4.78, 5) is 5.12. The van der Waals surface area contributed by atoms with Gasteiger partial charge in [0.15, 0.2) is 5.79 Å². The van der Waals surface area contributed by atoms with E-state index in [1.54, 1.807) is 0 Å². The van der Waals surface area contributed by atoms with Crippen LogP contribution in [0.3, 0.4) is 0 Å². The molecule has 2 fully saturated rings. The zero-order chi connectivity index (χ0) is 23.7. The molecular formula is C31H31NO3. The van der Waals surface area contributed by atoms with E-state index in [9.17, 15) is 0 Å². The van der Waals surface area contributed by atoms with Gasteiger partial charge in [0.1, 0.15) is 5.75 Å². The van der Waals surface area contributed by atoms with Crippen molar-refractivity contribution in [2.24, 2.45) is 10.9 Å². The average Bonchev–Trinajstić information content (AvgIpc) is 3.30. The van der Waals surface area contributed by atoms with E-state index in [2.05, 4.69) is 79.4 Å². The minimum absolute atomic E-state index is 0.143. The second-order valence-electron chi connectivity index (χ2n) is 9.76. The first-order chi connectivity index (χ1) is 17.2. The highest BCUT2D eigenvalue weighted by Gasteiger charge is 2.52. The summed E-state index contributed by atoms with van der Waals surface area (Å²) >= 11 is 0. The summed E-state index contributed by atoms with van der Waals surface area (Å²) in [6.45, 7) is 6.34. The summed E-state index contributed by atoms with van der Waals surface area (Å²) in [6.07, 6.45) is 5.80. The molecule has 0 radical (unpaired) electrons. The van der Waals surface area contributed by atoms with E-state index in [1.807, 2.05) is 12.1 Å². The summed E-state index contributed by atoms with van der Waals surface area (Å²) in [5, 5.41) is 0. The maximum atomic E-state index is 6.35. The molecule has 4 nitrogen and oxygen atoms in total. The van der Waals surface area contributed by atoms with Crippen LogP contribution >= 0.6 is 0 Å². The molecular weight excluding hydrogens is 434 g/mol. The van der Waals surface area contributed by atoms with Crippen molar-refractivity contribution in [1.29, 1.82) is 0 Å². The summed E-state index contributed by atoms with van der Waals surface area (Å²) in [5.41, 5.74) is 5.08. The van der Waals surface area contributed by atoms with Gasteiger partial charge in [-0.05, 0) is 24.8 Å². The van der Waals surface area contributed by atoms with Crippen LogP contribution in [0, 0.1) is 5.92 Å². The van der Waals surface area contributed by atoms with Crippen molar-refractivity contribution in [3.8, 4) is 5.75 Å². The molecule has 2 atom stereocenters. The van der Waals surface area contributed by atoms with Gasteiger partial charge in [0.25, 0.3) is 0 Å². The first-order valence-corrected chi connectivity index (χ1v) is 12.6. The van der Waals surface area contributed by atoms with Crippen LogP contribution < -0.4 is 4.74 Å². The van der Waals surface area contributed by atoms with Crippen LogP contribution in [0.5, 0.6) is 5.75 Å². The van der Waals surface area contributed by atoms with Crippen molar-refractivity contribution in [1.82, 2.24) is 0 Å². The van der Waals surface area contributed by atoms with E-state index < -0.39 is 5.79 Å². The molecule has 0 unspecified atom stereocenters. The fourth-order valence-electron chi connectivity index (χ4n) is 6.13. The first-order valence-electron chi connectivity index (χ1n) is 12.6. The quantitative estimate of drug-likeness (QED) is 0.322. The highest BCUT2D eigenvalue weighted by Crippen LogP contribution is 2.55. The topological polar surface area (TPSA) is 40.0 Å². The molecule has 1 saturated heterocycles. The Morgan fingerprint density at radius 3 is 2.20 bits per heavy atom. The van der Waals surface area contributed by atoms with Crippen LogP contribution in [0.25, 0.3) is 0 Å². The van der Waals surface area contributed by atoms with Crippen LogP contribution in [0.2, 0.25) is 0 Å². The summed E-state index contributed by atoms with van der Waals surface area (Å²) in [7, 11) is 0. The number of aliphatic imine (C=N–C) groups is 1. The van der Waals surface area contributed by atoms with Crippen LogP contribution in [0.1, 0.15) is 42.4 Å². The standard InChI is InChI=1S/C31H31NO3/c1-2-30-16-17-31(34-19-20-35-31)22-25(30)15-18-33-28-21-26(13-14-27(28)30)32-29(23-9-5-3-6-10-23)24-11-7-4-8-12-24/h2-14,21,25H,1,15-20,22H2/t25-,30+/m1/s1. The number of benzene rings is 3. The Hall–Kier alpha value is -3.21. The van der Waals surface area contributed by atoms with Crippen molar-refractivity contribution < 1.29 is 14.2 Å². The molecule has 0 N–H and O–H groups in total. The fraction of sp³-hybridized carbons (Fsp3) is 0.323. The Labute approximate surface area is 207 Å². The number of hydrogen-bond donors (Lipinski definition) is 0. The largest absolute Gasteiger partial charge is 0.493 e. The van der Waals surface area contributed by atoms with E-state index in [-0.39, 0.29) is 5.41 Å². The molecule has 0 bridgehead atoms. The maximum absolute atomic E-state index is 6.35. The summed E-state index contributed by atoms with van der Waals surface area (Å²) < 4.78 is 18.5. The minimum Gasteiger partial charge on any atom is -0.493 e. The number of hydrogen-bond acceptors (Lipinski definition) is 4. The predicted molar refractivity (Wildman–Crippen MR) is 139 cm³/mol. The summed E-state index contributed by atoms with van der Waals surface area (Å²) in [5.74, 6) is 0.858. The minimum atomic E-state index is -0.424. The highest BCUT2D eigenvalue weighted by molar-refractivity contribution is 6.13. The molecule has 6 rings (SSSR count). The molecule has 2 aliphatic heterocycles. The molecule has 35 heavy (non-hydrogen) atoms. The molecule has 1 spiro atoms. The lowest BCUT2D eigenvalue weighted by atomic mass is 9.60. The van der Waals surface area contributed by atoms with Gasteiger partial charge < -0.3 is 14.2 Å². The molecule has 178 valence electrons. The van der Waals surface area contributed by atoms with E-state index in [0.717, 1.165) is 54.0 Å². The van der Waals surface area contributed by atoms with Gasteiger partial charge >= 0.3 is 0 Å². The Kier molecular flexibility index (Phi) is 5.79. The zero-order valence-electron chi connectivity index (χ0n) is 20.0. The lowest BCUT2D eigenvalue weighted by Gasteiger charge is -2.47. The van der Waals surface area contributed by atoms with Gasteiger partial charge in [-0.15, -0.1) is 6.58 Å². The van der Waals surface area contributed by atoms with E-state index in [0.29, 0.717) is 25.7 Å². The maximum Gasteiger partial charge on any atom is 0.168 e. The number of rotatable bonds is 4. The fourth-order valence-corrected chi connectivity index (χ4v) is 6.13. The lowest BCUT2D eigenvalue weighted by molar-refractivity contribution is -0.195. The van der Waals surface area contributed by atoms with Gasteiger partial charge in [-0.2, -0.15) is 0 Å². The Bertz CT molecular complexity index is 1190. The molecule has 1 saturated carbocycles. The van der Waals surface area contributed by atoms with Gasteiger partial charge in [0.2, 0.25) is 0 Å². The molecule has 0 aromatic heterocycles. The number of ether oxygens (including phenoxy) is 3. The summed E-state index contributed by atoms with van der Waals surface area (Å²) in [6, 6.07) is 27.1. The normalized spacial score (nSPS) is 24.5. The average molecular weight is 466 g/mol. The van der Waals surface area contributed by atoms with Gasteiger partial charge in [-0.25, -0.2) is 4.99 Å². The lowest BCUT2D eigenvalue weighted by Crippen LogP contribution is -2.47. The molecule has 3 aromatic rings. The zero-order valence-corrected chi connectivity index (χ0v) is 20.0. The Morgan fingerprint density at radius 1 is 0.857 bits per heavy atom. The van der Waals surface area contributed by atoms with E-state index in [4.69, 9.17) is 19.2 Å². The Balaban J connectivity index is 1.40. The van der Waals surface area contributed by atoms with Gasteiger partial charge in [-0.3, -0.25) is 0 Å². The van der Waals surface area contributed by atoms with E-state index in [1.165, 1.54) is 5.56 Å². The van der Waals surface area contributed by atoms with Crippen LogP contribution in [-0.4, -0.2) is 31.3 Å². The van der Waals surface area contributed by atoms with Crippen molar-refractivity contribution in [3.63, 3.8) is 0 Å². The molecule has 3 aromatic carbocycles. The van der Waals surface area contributed by atoms with E-state index >= 15 is 0 Å². The van der Waals surface area contributed by atoms with Crippen molar-refractivity contribution >= 4 is 11.4 Å². The second kappa shape index (κ2) is 9.10. The number of nitrogens with zero attached hydrogens (tertiary/aromatic N) is 1. The number of allylic oxidation sites excluding steroid dienone is 1. The Morgan fingerprint density at radius 2 is 1.54 bits per heavy atom. The van der Waals surface area contributed by atoms with Crippen LogP contribution in [0.15, 0.2) is 96.5 Å². The molecule has 1 aliphatic carbocycles. The second-order valence-corrected chi connectivity index (χ2v) is 9.76. The monoisotopic (exact) mass is 465 g/mol. The van der Waals surface area contributed by atoms with Crippen molar-refractivity contribution in [3.05, 3.63) is 108 Å². The third-order valence-electron chi connectivity index (χ3n) is 7.91. The smallest absolute Gasteiger partial charge is 0.168 e. The third-order valence-corrected chi connectivity index (χ3v) is 7.91. The SMILES string of the molecule is C=C[C@]12CCC3(C[C@H]1CCOc1cc(N=C(c4ccccc4)c4ccccc4)ccc12)OCCO3. The first kappa shape index (κ1) is 22.3. The van der Waals surface area contributed by atoms with Gasteiger partial charge in [0, 0.05) is 41.0 Å². The number of fused-ring (bicyclic) bond motifs is 3. The molecule has 2 heterocycles.